The number of fused-ring (bicyclic) bond motifs is 12. The molecule has 0 saturated carbocycles. The minimum atomic E-state index is -0.888. The molecule has 0 N–H and O–H groups in total. The molecule has 6 aromatic carbocycles. The van der Waals surface area contributed by atoms with Gasteiger partial charge in [0.1, 0.15) is 16.8 Å². The van der Waals surface area contributed by atoms with E-state index in [1.807, 2.05) is 84.9 Å². The molecule has 1 unspecified atom stereocenters. The maximum Gasteiger partial charge on any atom is 0.152 e. The van der Waals surface area contributed by atoms with E-state index in [2.05, 4.69) is 71.6 Å². The first-order chi connectivity index (χ1) is 23.7. The largest absolute Gasteiger partial charge is 0.459 e. The highest BCUT2D eigenvalue weighted by Gasteiger charge is 2.60. The van der Waals surface area contributed by atoms with E-state index >= 15 is 0 Å². The van der Waals surface area contributed by atoms with Gasteiger partial charge in [-0.05, 0) is 88.0 Å². The Labute approximate surface area is 276 Å². The molecule has 1 spiro atoms. The van der Waals surface area contributed by atoms with Crippen LogP contribution in [-0.4, -0.2) is 0 Å². The number of nitriles is 2. The number of hydrogen-bond donors (Lipinski definition) is 0. The number of hydrogen-bond acceptors (Lipinski definition) is 5. The van der Waals surface area contributed by atoms with E-state index in [0.717, 1.165) is 84.3 Å². The highest BCUT2D eigenvalue weighted by atomic mass is 16.5. The number of furan rings is 1. The third-order valence-electron chi connectivity index (χ3n) is 9.93. The average Bonchev–Trinajstić information content (AvgIpc) is 3.77. The Balaban J connectivity index is 1.33. The molecule has 0 radical (unpaired) electrons. The average molecular weight is 614 g/mol. The molecule has 2 heterocycles. The number of allylic oxidation sites excluding steroid dienone is 1. The normalized spacial score (nSPS) is 16.4. The van der Waals surface area contributed by atoms with Crippen LogP contribution in [0.4, 0.5) is 11.4 Å². The van der Waals surface area contributed by atoms with Gasteiger partial charge in [-0.25, -0.2) is 0 Å². The molecule has 48 heavy (non-hydrogen) atoms. The minimum Gasteiger partial charge on any atom is -0.459 e. The van der Waals surface area contributed by atoms with Crippen molar-refractivity contribution in [3.8, 4) is 40.1 Å². The zero-order valence-corrected chi connectivity index (χ0v) is 25.4. The zero-order chi connectivity index (χ0) is 32.0. The van der Waals surface area contributed by atoms with Gasteiger partial charge in [0.05, 0.1) is 40.2 Å². The first-order valence-electron chi connectivity index (χ1n) is 15.8. The number of benzene rings is 6. The second-order valence-corrected chi connectivity index (χ2v) is 12.3. The van der Waals surface area contributed by atoms with Crippen LogP contribution in [0.15, 0.2) is 150 Å². The molecule has 0 fully saturated rings. The van der Waals surface area contributed by atoms with Crippen LogP contribution in [0.25, 0.3) is 38.9 Å². The lowest BCUT2D eigenvalue weighted by molar-refractivity contribution is 0.346. The lowest BCUT2D eigenvalue weighted by Gasteiger charge is -2.37. The van der Waals surface area contributed by atoms with Crippen LogP contribution < -0.4 is 9.64 Å². The van der Waals surface area contributed by atoms with Crippen LogP contribution in [0.5, 0.6) is 5.75 Å². The Morgan fingerprint density at radius 2 is 1.35 bits per heavy atom. The van der Waals surface area contributed by atoms with Gasteiger partial charge in [0.2, 0.25) is 0 Å². The molecule has 1 aromatic heterocycles. The third-order valence-corrected chi connectivity index (χ3v) is 9.93. The molecule has 222 valence electrons. The van der Waals surface area contributed by atoms with Crippen molar-refractivity contribution in [1.29, 1.82) is 10.5 Å². The van der Waals surface area contributed by atoms with Crippen molar-refractivity contribution in [2.45, 2.75) is 5.41 Å². The van der Waals surface area contributed by atoms with E-state index in [1.165, 1.54) is 0 Å². The SMILES string of the molecule is N#Cc1ccc(N2C3=C(Oc4ccccc42)C2(c4ccccc4-c4cc(-c5ccccc5C#N)ccc42)c2oc4ccccc4c23)cc1. The standard InChI is InChI=1S/C43H23N3O2/c44-24-26-17-20-29(21-18-26)46-36-14-6-8-16-38(36)48-42-40(46)39-32-12-4-7-15-37(32)47-41(39)43(42)34-13-5-3-11-31(34)33-23-27(19-22-35(33)43)30-10-2-1-9-28(30)25-45/h1-23H. The first kappa shape index (κ1) is 26.4. The van der Waals surface area contributed by atoms with Crippen molar-refractivity contribution in [3.63, 3.8) is 0 Å². The molecular formula is C43H23N3O2. The fourth-order valence-electron chi connectivity index (χ4n) is 7.96. The predicted octanol–water partition coefficient (Wildman–Crippen LogP) is 10.1. The summed E-state index contributed by atoms with van der Waals surface area (Å²) in [5.74, 6) is 2.33. The highest BCUT2D eigenvalue weighted by Crippen LogP contribution is 2.66. The monoisotopic (exact) mass is 613 g/mol. The number of nitrogens with zero attached hydrogens (tertiary/aromatic N) is 3. The smallest absolute Gasteiger partial charge is 0.152 e. The summed E-state index contributed by atoms with van der Waals surface area (Å²) in [6.07, 6.45) is 0. The summed E-state index contributed by atoms with van der Waals surface area (Å²) >= 11 is 0. The van der Waals surface area contributed by atoms with E-state index in [0.29, 0.717) is 11.1 Å². The second kappa shape index (κ2) is 9.59. The first-order valence-corrected chi connectivity index (χ1v) is 15.8. The number of ether oxygens (including phenoxy) is 1. The van der Waals surface area contributed by atoms with Gasteiger partial charge < -0.3 is 14.1 Å². The van der Waals surface area contributed by atoms with Gasteiger partial charge in [0, 0.05) is 11.1 Å². The summed E-state index contributed by atoms with van der Waals surface area (Å²) in [7, 11) is 0. The van der Waals surface area contributed by atoms with E-state index in [1.54, 1.807) is 0 Å². The zero-order valence-electron chi connectivity index (χ0n) is 25.4. The van der Waals surface area contributed by atoms with Gasteiger partial charge >= 0.3 is 0 Å². The van der Waals surface area contributed by atoms with E-state index in [-0.39, 0.29) is 0 Å². The maximum atomic E-state index is 9.93. The number of para-hydroxylation sites is 3. The number of anilines is 2. The fourth-order valence-corrected chi connectivity index (χ4v) is 7.96. The minimum absolute atomic E-state index is 0.597. The van der Waals surface area contributed by atoms with Gasteiger partial charge in [-0.3, -0.25) is 0 Å². The van der Waals surface area contributed by atoms with Crippen molar-refractivity contribution in [3.05, 3.63) is 179 Å². The molecule has 2 aliphatic carbocycles. The Morgan fingerprint density at radius 3 is 2.21 bits per heavy atom. The molecule has 3 aliphatic rings. The summed E-state index contributed by atoms with van der Waals surface area (Å²) in [5, 5.41) is 20.5. The van der Waals surface area contributed by atoms with Gasteiger partial charge in [-0.1, -0.05) is 84.9 Å². The Kier molecular flexibility index (Phi) is 5.28. The second-order valence-electron chi connectivity index (χ2n) is 12.3. The summed E-state index contributed by atoms with van der Waals surface area (Å²) in [6, 6.07) is 51.3. The molecule has 1 atom stereocenters. The highest BCUT2D eigenvalue weighted by molar-refractivity contribution is 6.08. The van der Waals surface area contributed by atoms with Crippen LogP contribution in [-0.2, 0) is 5.41 Å². The lowest BCUT2D eigenvalue weighted by atomic mass is 9.76. The van der Waals surface area contributed by atoms with Gasteiger partial charge in [-0.15, -0.1) is 0 Å². The summed E-state index contributed by atoms with van der Waals surface area (Å²) in [6.45, 7) is 0. The Morgan fingerprint density at radius 1 is 0.625 bits per heavy atom. The van der Waals surface area contributed by atoms with Crippen LogP contribution in [0.3, 0.4) is 0 Å². The predicted molar refractivity (Wildman–Crippen MR) is 185 cm³/mol. The van der Waals surface area contributed by atoms with E-state index < -0.39 is 5.41 Å². The maximum absolute atomic E-state index is 9.93. The number of rotatable bonds is 2. The van der Waals surface area contributed by atoms with Gasteiger partial charge in [0.25, 0.3) is 0 Å². The molecule has 0 bridgehead atoms. The summed E-state index contributed by atoms with van der Waals surface area (Å²) < 4.78 is 14.1. The molecular weight excluding hydrogens is 590 g/mol. The summed E-state index contributed by atoms with van der Waals surface area (Å²) in [4.78, 5) is 2.25. The van der Waals surface area contributed by atoms with Crippen LogP contribution in [0.1, 0.15) is 33.6 Å². The molecule has 0 amide bonds. The molecule has 5 heteroatoms. The van der Waals surface area contributed by atoms with Crippen LogP contribution >= 0.6 is 0 Å². The molecule has 0 saturated heterocycles. The van der Waals surface area contributed by atoms with E-state index in [9.17, 15) is 10.5 Å². The van der Waals surface area contributed by atoms with Crippen molar-refractivity contribution in [1.82, 2.24) is 0 Å². The molecule has 1 aliphatic heterocycles. The van der Waals surface area contributed by atoms with Crippen molar-refractivity contribution in [2.24, 2.45) is 0 Å². The van der Waals surface area contributed by atoms with E-state index in [4.69, 9.17) is 9.15 Å². The molecule has 10 rings (SSSR count). The molecule has 5 nitrogen and oxygen atoms in total. The fraction of sp³-hybridized carbons (Fsp3) is 0.0233. The van der Waals surface area contributed by atoms with Crippen molar-refractivity contribution < 1.29 is 9.15 Å². The lowest BCUT2D eigenvalue weighted by Crippen LogP contribution is -2.32. The third kappa shape index (κ3) is 3.27. The Hall–Kier alpha value is -6.82. The van der Waals surface area contributed by atoms with Crippen molar-refractivity contribution in [2.75, 3.05) is 4.90 Å². The van der Waals surface area contributed by atoms with Crippen LogP contribution in [0, 0.1) is 22.7 Å². The molecule has 7 aromatic rings. The van der Waals surface area contributed by atoms with Gasteiger partial charge in [0.15, 0.2) is 11.5 Å². The van der Waals surface area contributed by atoms with Crippen molar-refractivity contribution >= 4 is 28.0 Å². The van der Waals surface area contributed by atoms with Gasteiger partial charge in [-0.2, -0.15) is 10.5 Å². The topological polar surface area (TPSA) is 73.2 Å². The Bertz CT molecular complexity index is 2630. The quantitative estimate of drug-likeness (QED) is 0.194. The summed E-state index contributed by atoms with van der Waals surface area (Å²) in [5.41, 5.74) is 11.1. The van der Waals surface area contributed by atoms with Crippen LogP contribution in [0.2, 0.25) is 0 Å².